The van der Waals surface area contributed by atoms with Crippen LogP contribution in [-0.2, 0) is 19.4 Å². The highest BCUT2D eigenvalue weighted by Gasteiger charge is 2.32. The summed E-state index contributed by atoms with van der Waals surface area (Å²) in [6, 6.07) is 3.58. The summed E-state index contributed by atoms with van der Waals surface area (Å²) in [4.78, 5) is 37.6. The summed E-state index contributed by atoms with van der Waals surface area (Å²) in [6.45, 7) is 6.60. The van der Waals surface area contributed by atoms with Gasteiger partial charge in [-0.25, -0.2) is 13.2 Å². The average Bonchev–Trinajstić information content (AvgIpc) is 3.43. The highest BCUT2D eigenvalue weighted by molar-refractivity contribution is 7.91. The molecule has 0 radical (unpaired) electrons. The molecular weight excluding hydrogens is 436 g/mol. The second-order valence-electron chi connectivity index (χ2n) is 8.42. The number of hydrogen-bond acceptors (Lipinski definition) is 7. The normalized spacial score (nSPS) is 18.5. The van der Waals surface area contributed by atoms with E-state index < -0.39 is 40.1 Å². The van der Waals surface area contributed by atoms with E-state index in [-0.39, 0.29) is 29.2 Å². The molecule has 1 unspecified atom stereocenters. The molecule has 2 atom stereocenters. The van der Waals surface area contributed by atoms with Crippen LogP contribution in [0.3, 0.4) is 0 Å². The number of aryl methyl sites for hydroxylation is 1. The standard InChI is InChI=1S/C22H28N2O7S/c1-13(2)20(23-21(26)19-6-5-8-30-19)22(27)31-11-18(25)17-10-14(3)24(15(17)4)16-7-9-32(28,29)12-16/h5-6,8,10,13,16,20H,7,9,11-12H2,1-4H3,(H,23,26)/t16?,20-/m0/s1. The van der Waals surface area contributed by atoms with Gasteiger partial charge in [-0.15, -0.1) is 0 Å². The maximum atomic E-state index is 12.8. The van der Waals surface area contributed by atoms with Crippen LogP contribution in [0.25, 0.3) is 0 Å². The molecule has 1 aliphatic heterocycles. The minimum absolute atomic E-state index is 0.0530. The van der Waals surface area contributed by atoms with Crippen molar-refractivity contribution >= 4 is 27.5 Å². The number of carbonyl (C=O) groups excluding carboxylic acids is 3. The lowest BCUT2D eigenvalue weighted by Crippen LogP contribution is -2.45. The largest absolute Gasteiger partial charge is 0.459 e. The van der Waals surface area contributed by atoms with Gasteiger partial charge in [0.25, 0.3) is 5.91 Å². The second kappa shape index (κ2) is 9.32. The number of aromatic nitrogens is 1. The zero-order valence-corrected chi connectivity index (χ0v) is 19.4. The van der Waals surface area contributed by atoms with E-state index in [1.165, 1.54) is 12.3 Å². The highest BCUT2D eigenvalue weighted by Crippen LogP contribution is 2.29. The molecule has 1 N–H and O–H groups in total. The number of nitrogens with one attached hydrogen (secondary N) is 1. The van der Waals surface area contributed by atoms with Gasteiger partial charge in [-0.05, 0) is 44.4 Å². The van der Waals surface area contributed by atoms with E-state index in [9.17, 15) is 22.8 Å². The number of esters is 1. The Bertz CT molecular complexity index is 1110. The molecule has 1 amide bonds. The lowest BCUT2D eigenvalue weighted by Gasteiger charge is -2.20. The van der Waals surface area contributed by atoms with Crippen molar-refractivity contribution in [3.8, 4) is 0 Å². The molecule has 0 aliphatic carbocycles. The summed E-state index contributed by atoms with van der Waals surface area (Å²) in [7, 11) is -3.07. The molecule has 0 spiro atoms. The summed E-state index contributed by atoms with van der Waals surface area (Å²) in [5, 5.41) is 2.57. The molecule has 2 aromatic rings. The number of rotatable bonds is 8. The Morgan fingerprint density at radius 1 is 1.28 bits per heavy atom. The summed E-state index contributed by atoms with van der Waals surface area (Å²) in [6.07, 6.45) is 1.86. The number of sulfone groups is 1. The van der Waals surface area contributed by atoms with Crippen LogP contribution < -0.4 is 5.32 Å². The smallest absolute Gasteiger partial charge is 0.329 e. The van der Waals surface area contributed by atoms with E-state index >= 15 is 0 Å². The van der Waals surface area contributed by atoms with Crippen LogP contribution in [0.1, 0.15) is 58.6 Å². The Hall–Kier alpha value is -2.88. The number of nitrogens with zero attached hydrogens (tertiary/aromatic N) is 1. The van der Waals surface area contributed by atoms with Crippen LogP contribution in [0.5, 0.6) is 0 Å². The van der Waals surface area contributed by atoms with Crippen LogP contribution in [0.2, 0.25) is 0 Å². The van der Waals surface area contributed by atoms with Gasteiger partial charge >= 0.3 is 5.97 Å². The number of Topliss-reactive ketones (excluding diaryl/α,β-unsaturated/α-hetero) is 1. The third kappa shape index (κ3) is 5.12. The van der Waals surface area contributed by atoms with Gasteiger partial charge in [0.15, 0.2) is 22.2 Å². The van der Waals surface area contributed by atoms with Gasteiger partial charge in [-0.2, -0.15) is 0 Å². The topological polar surface area (TPSA) is 125 Å². The predicted octanol–water partition coefficient (Wildman–Crippen LogP) is 2.24. The summed E-state index contributed by atoms with van der Waals surface area (Å²) >= 11 is 0. The predicted molar refractivity (Wildman–Crippen MR) is 116 cm³/mol. The van der Waals surface area contributed by atoms with Crippen molar-refractivity contribution in [1.29, 1.82) is 0 Å². The molecule has 0 bridgehead atoms. The van der Waals surface area contributed by atoms with Crippen molar-refractivity contribution in [2.75, 3.05) is 18.1 Å². The molecular formula is C22H28N2O7S. The van der Waals surface area contributed by atoms with Gasteiger partial charge in [0.1, 0.15) is 6.04 Å². The Labute approximate surface area is 187 Å². The molecule has 3 rings (SSSR count). The molecule has 10 heteroatoms. The number of furan rings is 1. The van der Waals surface area contributed by atoms with Gasteiger partial charge < -0.3 is 19.0 Å². The van der Waals surface area contributed by atoms with E-state index in [0.29, 0.717) is 17.7 Å². The number of amides is 1. The quantitative estimate of drug-likeness (QED) is 0.469. The molecule has 0 aromatic carbocycles. The van der Waals surface area contributed by atoms with Crippen molar-refractivity contribution in [2.45, 2.75) is 46.2 Å². The van der Waals surface area contributed by atoms with Crippen molar-refractivity contribution in [2.24, 2.45) is 5.92 Å². The summed E-state index contributed by atoms with van der Waals surface area (Å²) in [5.74, 6) is -1.67. The fraction of sp³-hybridized carbons (Fsp3) is 0.500. The monoisotopic (exact) mass is 464 g/mol. The molecule has 1 fully saturated rings. The minimum Gasteiger partial charge on any atom is -0.459 e. The van der Waals surface area contributed by atoms with Gasteiger partial charge in [-0.3, -0.25) is 9.59 Å². The molecule has 2 aromatic heterocycles. The molecule has 3 heterocycles. The fourth-order valence-electron chi connectivity index (χ4n) is 4.02. The van der Waals surface area contributed by atoms with Gasteiger partial charge in [0, 0.05) is 23.0 Å². The first-order valence-corrected chi connectivity index (χ1v) is 12.3. The molecule has 174 valence electrons. The maximum Gasteiger partial charge on any atom is 0.329 e. The Morgan fingerprint density at radius 3 is 2.56 bits per heavy atom. The van der Waals surface area contributed by atoms with Crippen molar-refractivity contribution in [3.63, 3.8) is 0 Å². The van der Waals surface area contributed by atoms with Crippen molar-refractivity contribution < 1.29 is 32.0 Å². The first-order chi connectivity index (χ1) is 15.0. The highest BCUT2D eigenvalue weighted by atomic mass is 32.2. The third-order valence-corrected chi connectivity index (χ3v) is 7.41. The third-order valence-electron chi connectivity index (χ3n) is 5.66. The second-order valence-corrected chi connectivity index (χ2v) is 10.6. The van der Waals surface area contributed by atoms with E-state index in [1.54, 1.807) is 32.9 Å². The van der Waals surface area contributed by atoms with Crippen LogP contribution in [0, 0.1) is 19.8 Å². The Balaban J connectivity index is 1.66. The molecule has 0 saturated carbocycles. The minimum atomic E-state index is -3.07. The molecule has 32 heavy (non-hydrogen) atoms. The van der Waals surface area contributed by atoms with Gasteiger partial charge in [0.2, 0.25) is 5.78 Å². The van der Waals surface area contributed by atoms with Crippen molar-refractivity contribution in [1.82, 2.24) is 9.88 Å². The lowest BCUT2D eigenvalue weighted by molar-refractivity contribution is -0.145. The Morgan fingerprint density at radius 2 is 2.00 bits per heavy atom. The number of carbonyl (C=O) groups is 3. The van der Waals surface area contributed by atoms with Crippen LogP contribution in [-0.4, -0.2) is 54.8 Å². The lowest BCUT2D eigenvalue weighted by atomic mass is 10.0. The number of ether oxygens (including phenoxy) is 1. The van der Waals surface area contributed by atoms with E-state index in [1.807, 2.05) is 11.5 Å². The fourth-order valence-corrected chi connectivity index (χ4v) is 5.72. The van der Waals surface area contributed by atoms with Crippen LogP contribution >= 0.6 is 0 Å². The van der Waals surface area contributed by atoms with Gasteiger partial charge in [0.05, 0.1) is 17.8 Å². The first kappa shape index (κ1) is 23.8. The molecule has 1 aliphatic rings. The average molecular weight is 465 g/mol. The van der Waals surface area contributed by atoms with E-state index in [2.05, 4.69) is 5.32 Å². The van der Waals surface area contributed by atoms with E-state index in [0.717, 1.165) is 5.69 Å². The maximum absolute atomic E-state index is 12.8. The summed E-state index contributed by atoms with van der Waals surface area (Å²) < 4.78 is 35.8. The first-order valence-electron chi connectivity index (χ1n) is 10.4. The van der Waals surface area contributed by atoms with Crippen LogP contribution in [0.4, 0.5) is 0 Å². The van der Waals surface area contributed by atoms with E-state index in [4.69, 9.17) is 9.15 Å². The molecule has 9 nitrogen and oxygen atoms in total. The zero-order valence-electron chi connectivity index (χ0n) is 18.6. The zero-order chi connectivity index (χ0) is 23.6. The SMILES string of the molecule is Cc1cc(C(=O)COC(=O)[C@@H](NC(=O)c2ccco2)C(C)C)c(C)n1C1CCS(=O)(=O)C1. The van der Waals surface area contributed by atoms with Gasteiger partial charge in [-0.1, -0.05) is 13.8 Å². The Kier molecular flexibility index (Phi) is 6.92. The van der Waals surface area contributed by atoms with Crippen molar-refractivity contribution in [3.05, 3.63) is 47.2 Å². The molecule has 1 saturated heterocycles. The summed E-state index contributed by atoms with van der Waals surface area (Å²) in [5.41, 5.74) is 1.82. The number of ketones is 1. The number of hydrogen-bond donors (Lipinski definition) is 1. The van der Waals surface area contributed by atoms with Crippen LogP contribution in [0.15, 0.2) is 28.9 Å².